The van der Waals surface area contributed by atoms with Crippen molar-refractivity contribution < 1.29 is 4.79 Å². The number of nitrogens with one attached hydrogen (secondary N) is 2. The summed E-state index contributed by atoms with van der Waals surface area (Å²) in [5, 5.41) is 8.25. The maximum atomic E-state index is 11.8. The molecular formula is C11H17N3OS. The molecule has 0 aromatic carbocycles. The third-order valence-corrected chi connectivity index (χ3v) is 3.47. The Bertz CT molecular complexity index is 320. The fourth-order valence-electron chi connectivity index (χ4n) is 1.89. The molecule has 1 fully saturated rings. The average Bonchev–Trinajstić information content (AvgIpc) is 2.83. The molecule has 1 unspecified atom stereocenters. The lowest BCUT2D eigenvalue weighted by molar-refractivity contribution is -0.125. The highest BCUT2D eigenvalue weighted by Crippen LogP contribution is 2.09. The molecule has 0 bridgehead atoms. The van der Waals surface area contributed by atoms with Crippen molar-refractivity contribution in [3.8, 4) is 0 Å². The zero-order valence-electron chi connectivity index (χ0n) is 9.24. The van der Waals surface area contributed by atoms with Crippen molar-refractivity contribution in [2.75, 3.05) is 19.6 Å². The second-order valence-electron chi connectivity index (χ2n) is 4.06. The van der Waals surface area contributed by atoms with Gasteiger partial charge in [0, 0.05) is 24.9 Å². The lowest BCUT2D eigenvalue weighted by atomic mass is 9.99. The van der Waals surface area contributed by atoms with E-state index in [2.05, 4.69) is 15.6 Å². The Kier molecular flexibility index (Phi) is 4.30. The maximum Gasteiger partial charge on any atom is 0.224 e. The zero-order chi connectivity index (χ0) is 11.2. The summed E-state index contributed by atoms with van der Waals surface area (Å²) in [6.07, 6.45) is 2.94. The van der Waals surface area contributed by atoms with Gasteiger partial charge in [-0.25, -0.2) is 4.98 Å². The molecule has 2 N–H and O–H groups in total. The number of nitrogens with zero attached hydrogens (tertiary/aromatic N) is 1. The van der Waals surface area contributed by atoms with E-state index >= 15 is 0 Å². The van der Waals surface area contributed by atoms with E-state index in [1.807, 2.05) is 10.9 Å². The minimum absolute atomic E-state index is 0.157. The summed E-state index contributed by atoms with van der Waals surface area (Å²) >= 11 is 1.59. The van der Waals surface area contributed by atoms with Crippen molar-refractivity contribution in [2.24, 2.45) is 5.92 Å². The predicted octanol–water partition coefficient (Wildman–Crippen LogP) is 0.801. The summed E-state index contributed by atoms with van der Waals surface area (Å²) in [5.41, 5.74) is 2.88. The van der Waals surface area contributed by atoms with Gasteiger partial charge < -0.3 is 10.6 Å². The van der Waals surface area contributed by atoms with Crippen molar-refractivity contribution in [2.45, 2.75) is 19.3 Å². The highest BCUT2D eigenvalue weighted by molar-refractivity contribution is 7.07. The predicted molar refractivity (Wildman–Crippen MR) is 64.4 cm³/mol. The smallest absolute Gasteiger partial charge is 0.224 e. The molecule has 16 heavy (non-hydrogen) atoms. The number of hydrogen-bond donors (Lipinski definition) is 2. The van der Waals surface area contributed by atoms with E-state index in [1.54, 1.807) is 11.3 Å². The quantitative estimate of drug-likeness (QED) is 0.817. The normalized spacial score (nSPS) is 20.6. The fraction of sp³-hybridized carbons (Fsp3) is 0.636. The number of thiazole rings is 1. The number of rotatable bonds is 4. The molecule has 2 rings (SSSR count). The first-order valence-electron chi connectivity index (χ1n) is 5.72. The van der Waals surface area contributed by atoms with Gasteiger partial charge in [-0.15, -0.1) is 11.3 Å². The molecular weight excluding hydrogens is 222 g/mol. The summed E-state index contributed by atoms with van der Waals surface area (Å²) in [6, 6.07) is 0. The van der Waals surface area contributed by atoms with E-state index in [4.69, 9.17) is 0 Å². The van der Waals surface area contributed by atoms with Gasteiger partial charge >= 0.3 is 0 Å². The monoisotopic (exact) mass is 239 g/mol. The number of hydrogen-bond acceptors (Lipinski definition) is 4. The number of carbonyl (C=O) groups excluding carboxylic acids is 1. The van der Waals surface area contributed by atoms with Crippen LogP contribution in [0.5, 0.6) is 0 Å². The topological polar surface area (TPSA) is 54.0 Å². The summed E-state index contributed by atoms with van der Waals surface area (Å²) in [4.78, 5) is 15.9. The van der Waals surface area contributed by atoms with Crippen LogP contribution < -0.4 is 10.6 Å². The van der Waals surface area contributed by atoms with Gasteiger partial charge in [0.15, 0.2) is 0 Å². The van der Waals surface area contributed by atoms with Gasteiger partial charge in [0.25, 0.3) is 0 Å². The van der Waals surface area contributed by atoms with Crippen LogP contribution in [0.4, 0.5) is 0 Å². The molecule has 0 saturated carbocycles. The Hall–Kier alpha value is -0.940. The molecule has 1 aliphatic rings. The molecule has 0 spiro atoms. The van der Waals surface area contributed by atoms with Crippen molar-refractivity contribution in [3.05, 3.63) is 16.6 Å². The molecule has 88 valence electrons. The largest absolute Gasteiger partial charge is 0.355 e. The van der Waals surface area contributed by atoms with Crippen LogP contribution in [0.2, 0.25) is 0 Å². The van der Waals surface area contributed by atoms with Gasteiger partial charge in [-0.3, -0.25) is 4.79 Å². The van der Waals surface area contributed by atoms with Gasteiger partial charge in [0.05, 0.1) is 17.1 Å². The van der Waals surface area contributed by atoms with E-state index in [1.165, 1.54) is 0 Å². The fourth-order valence-corrected chi connectivity index (χ4v) is 2.49. The molecule has 1 atom stereocenters. The molecule has 0 aliphatic carbocycles. The standard InChI is InChI=1S/C11H17N3OS/c15-11(9-2-1-4-12-6-9)13-5-3-10-7-16-8-14-10/h7-9,12H,1-6H2,(H,13,15). The number of piperidine rings is 1. The molecule has 1 aliphatic heterocycles. The van der Waals surface area contributed by atoms with Crippen LogP contribution in [0.1, 0.15) is 18.5 Å². The molecule has 5 heteroatoms. The lowest BCUT2D eigenvalue weighted by Gasteiger charge is -2.21. The van der Waals surface area contributed by atoms with Crippen LogP contribution in [-0.4, -0.2) is 30.5 Å². The van der Waals surface area contributed by atoms with Crippen molar-refractivity contribution >= 4 is 17.2 Å². The second-order valence-corrected chi connectivity index (χ2v) is 4.78. The number of amides is 1. The Morgan fingerprint density at radius 2 is 2.62 bits per heavy atom. The summed E-state index contributed by atoms with van der Waals surface area (Å²) in [7, 11) is 0. The van der Waals surface area contributed by atoms with Crippen LogP contribution in [0.15, 0.2) is 10.9 Å². The van der Waals surface area contributed by atoms with Crippen LogP contribution >= 0.6 is 11.3 Å². The molecule has 2 heterocycles. The minimum atomic E-state index is 0.157. The third kappa shape index (κ3) is 3.28. The highest BCUT2D eigenvalue weighted by Gasteiger charge is 2.20. The number of carbonyl (C=O) groups is 1. The van der Waals surface area contributed by atoms with Crippen molar-refractivity contribution in [1.82, 2.24) is 15.6 Å². The molecule has 1 aromatic heterocycles. The van der Waals surface area contributed by atoms with E-state index in [-0.39, 0.29) is 11.8 Å². The molecule has 1 aromatic rings. The first-order valence-corrected chi connectivity index (χ1v) is 6.66. The van der Waals surface area contributed by atoms with Crippen molar-refractivity contribution in [3.63, 3.8) is 0 Å². The Balaban J connectivity index is 1.67. The average molecular weight is 239 g/mol. The first-order chi connectivity index (χ1) is 7.86. The number of aromatic nitrogens is 1. The van der Waals surface area contributed by atoms with Gasteiger partial charge in [-0.2, -0.15) is 0 Å². The van der Waals surface area contributed by atoms with Crippen LogP contribution in [-0.2, 0) is 11.2 Å². The third-order valence-electron chi connectivity index (χ3n) is 2.83. The Morgan fingerprint density at radius 1 is 1.69 bits per heavy atom. The lowest BCUT2D eigenvalue weighted by Crippen LogP contribution is -2.41. The molecule has 0 radical (unpaired) electrons. The minimum Gasteiger partial charge on any atom is -0.355 e. The summed E-state index contributed by atoms with van der Waals surface area (Å²) in [6.45, 7) is 2.56. The van der Waals surface area contributed by atoms with Gasteiger partial charge in [0.2, 0.25) is 5.91 Å². The molecule has 1 amide bonds. The van der Waals surface area contributed by atoms with E-state index in [0.29, 0.717) is 6.54 Å². The summed E-state index contributed by atoms with van der Waals surface area (Å²) in [5.74, 6) is 0.339. The van der Waals surface area contributed by atoms with Gasteiger partial charge in [-0.1, -0.05) is 0 Å². The Morgan fingerprint density at radius 3 is 3.31 bits per heavy atom. The van der Waals surface area contributed by atoms with Crippen molar-refractivity contribution in [1.29, 1.82) is 0 Å². The van der Waals surface area contributed by atoms with E-state index < -0.39 is 0 Å². The molecule has 1 saturated heterocycles. The van der Waals surface area contributed by atoms with Gasteiger partial charge in [-0.05, 0) is 19.4 Å². The van der Waals surface area contributed by atoms with Crippen LogP contribution in [0.3, 0.4) is 0 Å². The van der Waals surface area contributed by atoms with Crippen LogP contribution in [0.25, 0.3) is 0 Å². The zero-order valence-corrected chi connectivity index (χ0v) is 10.1. The SMILES string of the molecule is O=C(NCCc1cscn1)C1CCCNC1. The summed E-state index contributed by atoms with van der Waals surface area (Å²) < 4.78 is 0. The van der Waals surface area contributed by atoms with E-state index in [9.17, 15) is 4.79 Å². The Labute approximate surface area is 99.5 Å². The van der Waals surface area contributed by atoms with Gasteiger partial charge in [0.1, 0.15) is 0 Å². The first kappa shape index (κ1) is 11.5. The van der Waals surface area contributed by atoms with E-state index in [0.717, 1.165) is 38.0 Å². The maximum absolute atomic E-state index is 11.8. The highest BCUT2D eigenvalue weighted by atomic mass is 32.1. The molecule has 4 nitrogen and oxygen atoms in total. The second kappa shape index (κ2) is 5.96. The van der Waals surface area contributed by atoms with Crippen LogP contribution in [0, 0.1) is 5.92 Å².